The quantitative estimate of drug-likeness (QED) is 0.569. The molecule has 0 bridgehead atoms. The van der Waals surface area contributed by atoms with Crippen LogP contribution in [0.1, 0.15) is 26.7 Å². The van der Waals surface area contributed by atoms with Gasteiger partial charge in [-0.3, -0.25) is 0 Å². The molecule has 2 aliphatic carbocycles. The zero-order chi connectivity index (χ0) is 10.3. The highest BCUT2D eigenvalue weighted by atomic mass is 16.7. The maximum Gasteiger partial charge on any atom is 0.177 e. The highest BCUT2D eigenvalue weighted by Gasteiger charge is 2.77. The topological polar surface area (TPSA) is 31.0 Å². The minimum absolute atomic E-state index is 0.209. The van der Waals surface area contributed by atoms with E-state index in [1.54, 1.807) is 0 Å². The number of hydrogen-bond acceptors (Lipinski definition) is 3. The van der Waals surface area contributed by atoms with Gasteiger partial charge >= 0.3 is 0 Å². The van der Waals surface area contributed by atoms with E-state index in [1.807, 2.05) is 0 Å². The van der Waals surface area contributed by atoms with E-state index in [4.69, 9.17) is 14.2 Å². The van der Waals surface area contributed by atoms with Gasteiger partial charge in [0, 0.05) is 17.3 Å². The molecular formula is C12H18O3. The smallest absolute Gasteiger partial charge is 0.177 e. The first-order chi connectivity index (χ1) is 7.19. The predicted octanol–water partition coefficient (Wildman–Crippen LogP) is 1.56. The molecule has 2 saturated heterocycles. The Morgan fingerprint density at radius 3 is 2.67 bits per heavy atom. The lowest BCUT2D eigenvalue weighted by atomic mass is 9.45. The standard InChI is InChI=1S/C12H18O3/c1-7-9-10-8(15-10)3-4-11(9,2)12(7)13-5-6-14-12/h7-10H,3-6H2,1-2H3. The largest absolute Gasteiger partial charge is 0.369 e. The molecule has 2 aliphatic heterocycles. The van der Waals surface area contributed by atoms with Gasteiger partial charge in [0.25, 0.3) is 0 Å². The molecular weight excluding hydrogens is 192 g/mol. The van der Waals surface area contributed by atoms with Crippen molar-refractivity contribution < 1.29 is 14.2 Å². The summed E-state index contributed by atoms with van der Waals surface area (Å²) < 4.78 is 17.6. The monoisotopic (exact) mass is 210 g/mol. The number of rotatable bonds is 0. The molecule has 0 amide bonds. The summed E-state index contributed by atoms with van der Waals surface area (Å²) in [6, 6.07) is 0. The maximum absolute atomic E-state index is 5.95. The zero-order valence-corrected chi connectivity index (χ0v) is 9.36. The van der Waals surface area contributed by atoms with E-state index in [9.17, 15) is 0 Å². The molecule has 3 nitrogen and oxygen atoms in total. The fraction of sp³-hybridized carbons (Fsp3) is 1.00. The first kappa shape index (κ1) is 8.97. The Hall–Kier alpha value is -0.120. The molecule has 0 aromatic carbocycles. The van der Waals surface area contributed by atoms with E-state index in [-0.39, 0.29) is 11.2 Å². The summed E-state index contributed by atoms with van der Waals surface area (Å²) in [4.78, 5) is 0. The summed E-state index contributed by atoms with van der Waals surface area (Å²) in [5.74, 6) is 0.892. The Morgan fingerprint density at radius 1 is 1.20 bits per heavy atom. The number of epoxide rings is 1. The van der Waals surface area contributed by atoms with Gasteiger partial charge in [-0.15, -0.1) is 0 Å². The molecule has 0 aromatic rings. The van der Waals surface area contributed by atoms with Crippen molar-refractivity contribution in [3.05, 3.63) is 0 Å². The van der Waals surface area contributed by atoms with Crippen LogP contribution in [-0.4, -0.2) is 31.2 Å². The van der Waals surface area contributed by atoms with Gasteiger partial charge in [0.05, 0.1) is 25.4 Å². The van der Waals surface area contributed by atoms with Crippen molar-refractivity contribution in [2.24, 2.45) is 17.3 Å². The molecule has 0 aromatic heterocycles. The van der Waals surface area contributed by atoms with Crippen LogP contribution in [-0.2, 0) is 14.2 Å². The van der Waals surface area contributed by atoms with Crippen LogP contribution in [0.25, 0.3) is 0 Å². The van der Waals surface area contributed by atoms with Crippen LogP contribution in [0.3, 0.4) is 0 Å². The summed E-state index contributed by atoms with van der Waals surface area (Å²) in [5.41, 5.74) is 0.209. The fourth-order valence-corrected chi connectivity index (χ4v) is 4.60. The van der Waals surface area contributed by atoms with Crippen LogP contribution in [0, 0.1) is 17.3 Å². The Labute approximate surface area is 90.1 Å². The maximum atomic E-state index is 5.95. The molecule has 0 N–H and O–H groups in total. The first-order valence-corrected chi connectivity index (χ1v) is 6.12. The molecule has 4 fully saturated rings. The Bertz CT molecular complexity index is 310. The lowest BCUT2D eigenvalue weighted by molar-refractivity contribution is -0.367. The van der Waals surface area contributed by atoms with Gasteiger partial charge < -0.3 is 14.2 Å². The Morgan fingerprint density at radius 2 is 1.93 bits per heavy atom. The summed E-state index contributed by atoms with van der Waals surface area (Å²) in [7, 11) is 0. The van der Waals surface area contributed by atoms with Gasteiger partial charge in [-0.2, -0.15) is 0 Å². The summed E-state index contributed by atoms with van der Waals surface area (Å²) in [5, 5.41) is 0. The van der Waals surface area contributed by atoms with Gasteiger partial charge in [0.2, 0.25) is 0 Å². The van der Waals surface area contributed by atoms with Crippen LogP contribution in [0.5, 0.6) is 0 Å². The Kier molecular flexibility index (Phi) is 1.44. The molecule has 5 atom stereocenters. The van der Waals surface area contributed by atoms with Crippen LogP contribution in [0.15, 0.2) is 0 Å². The van der Waals surface area contributed by atoms with E-state index in [0.29, 0.717) is 24.0 Å². The third-order valence-corrected chi connectivity index (χ3v) is 5.31. The molecule has 5 unspecified atom stereocenters. The van der Waals surface area contributed by atoms with Crippen LogP contribution >= 0.6 is 0 Å². The normalized spacial score (nSPS) is 59.6. The second kappa shape index (κ2) is 2.41. The highest BCUT2D eigenvalue weighted by molar-refractivity contribution is 5.20. The molecule has 2 heterocycles. The summed E-state index contributed by atoms with van der Waals surface area (Å²) >= 11 is 0. The van der Waals surface area contributed by atoms with Crippen molar-refractivity contribution in [1.29, 1.82) is 0 Å². The second-order valence-corrected chi connectivity index (χ2v) is 5.77. The van der Waals surface area contributed by atoms with Crippen molar-refractivity contribution in [1.82, 2.24) is 0 Å². The molecule has 4 rings (SSSR count). The molecule has 84 valence electrons. The molecule has 0 radical (unpaired) electrons. The summed E-state index contributed by atoms with van der Waals surface area (Å²) in [6.07, 6.45) is 3.46. The van der Waals surface area contributed by atoms with E-state index in [1.165, 1.54) is 12.8 Å². The van der Waals surface area contributed by atoms with E-state index in [0.717, 1.165) is 13.2 Å². The van der Waals surface area contributed by atoms with Crippen molar-refractivity contribution in [2.75, 3.05) is 13.2 Å². The lowest BCUT2D eigenvalue weighted by Gasteiger charge is -2.65. The summed E-state index contributed by atoms with van der Waals surface area (Å²) in [6.45, 7) is 6.13. The van der Waals surface area contributed by atoms with Crippen LogP contribution in [0.2, 0.25) is 0 Å². The minimum atomic E-state index is -0.269. The highest BCUT2D eigenvalue weighted by Crippen LogP contribution is 2.71. The van der Waals surface area contributed by atoms with Crippen LogP contribution in [0.4, 0.5) is 0 Å². The van der Waals surface area contributed by atoms with E-state index in [2.05, 4.69) is 13.8 Å². The second-order valence-electron chi connectivity index (χ2n) is 5.77. The molecule has 1 spiro atoms. The number of hydrogen-bond donors (Lipinski definition) is 0. The molecule has 2 saturated carbocycles. The average Bonchev–Trinajstić information content (AvgIpc) is 2.79. The van der Waals surface area contributed by atoms with Gasteiger partial charge in [-0.1, -0.05) is 13.8 Å². The number of ether oxygens (including phenoxy) is 3. The van der Waals surface area contributed by atoms with Crippen molar-refractivity contribution in [2.45, 2.75) is 44.7 Å². The molecule has 4 aliphatic rings. The van der Waals surface area contributed by atoms with Gasteiger partial charge in [-0.25, -0.2) is 0 Å². The molecule has 3 heteroatoms. The first-order valence-electron chi connectivity index (χ1n) is 6.12. The average molecular weight is 210 g/mol. The van der Waals surface area contributed by atoms with Crippen molar-refractivity contribution in [3.8, 4) is 0 Å². The molecule has 15 heavy (non-hydrogen) atoms. The van der Waals surface area contributed by atoms with Crippen molar-refractivity contribution in [3.63, 3.8) is 0 Å². The number of fused-ring (bicyclic) bond motifs is 4. The van der Waals surface area contributed by atoms with Crippen molar-refractivity contribution >= 4 is 0 Å². The van der Waals surface area contributed by atoms with Crippen LogP contribution < -0.4 is 0 Å². The SMILES string of the molecule is CC1C2C3OC3CCC2(C)C12OCCO2. The van der Waals surface area contributed by atoms with E-state index >= 15 is 0 Å². The minimum Gasteiger partial charge on any atom is -0.369 e. The van der Waals surface area contributed by atoms with Gasteiger partial charge in [-0.05, 0) is 12.8 Å². The third kappa shape index (κ3) is 0.787. The zero-order valence-electron chi connectivity index (χ0n) is 9.36. The Balaban J connectivity index is 1.72. The lowest BCUT2D eigenvalue weighted by Crippen LogP contribution is -2.71. The fourth-order valence-electron chi connectivity index (χ4n) is 4.60. The van der Waals surface area contributed by atoms with Gasteiger partial charge in [0.1, 0.15) is 0 Å². The van der Waals surface area contributed by atoms with Gasteiger partial charge in [0.15, 0.2) is 5.79 Å². The third-order valence-electron chi connectivity index (χ3n) is 5.31. The predicted molar refractivity (Wildman–Crippen MR) is 53.3 cm³/mol. The van der Waals surface area contributed by atoms with E-state index < -0.39 is 0 Å².